The molecule has 0 spiro atoms. The second-order valence-corrected chi connectivity index (χ2v) is 8.16. The molecule has 13 heteroatoms. The molecule has 0 atom stereocenters. The number of rotatable bonds is 3. The molecule has 0 radical (unpaired) electrons. The Bertz CT molecular complexity index is 1090. The summed E-state index contributed by atoms with van der Waals surface area (Å²) < 4.78 is 95.8. The maximum atomic E-state index is 11.5. The quantitative estimate of drug-likeness (QED) is 0.289. The van der Waals surface area contributed by atoms with Crippen molar-refractivity contribution >= 4 is 41.1 Å². The summed E-state index contributed by atoms with van der Waals surface area (Å²) in [4.78, 5) is -4.52. The first kappa shape index (κ1) is 20.5. The zero-order valence-corrected chi connectivity index (χ0v) is 15.8. The van der Waals surface area contributed by atoms with Crippen LogP contribution < -0.4 is 29.6 Å². The minimum absolute atomic E-state index is 0. The van der Waals surface area contributed by atoms with Gasteiger partial charge in [-0.3, -0.25) is 13.7 Å². The van der Waals surface area contributed by atoms with Crippen LogP contribution >= 0.6 is 0 Å². The Hall–Kier alpha value is -0.570. The predicted molar refractivity (Wildman–Crippen MR) is 72.2 cm³/mol. The molecule has 0 aliphatic carbocycles. The first-order chi connectivity index (χ1) is 9.83. The fraction of sp³-hybridized carbons (Fsp3) is 0. The second kappa shape index (κ2) is 6.38. The van der Waals surface area contributed by atoms with E-state index in [1.54, 1.807) is 0 Å². The van der Waals surface area contributed by atoms with Crippen LogP contribution in [0.2, 0.25) is 0 Å². The van der Waals surface area contributed by atoms with E-state index >= 15 is 0 Å². The van der Waals surface area contributed by atoms with Crippen LogP contribution in [0, 0.1) is 6.07 Å². The average Bonchev–Trinajstić information content (AvgIpc) is 2.33. The van der Waals surface area contributed by atoms with Gasteiger partial charge in [0.1, 0.15) is 0 Å². The molecule has 2 aromatic rings. The standard InChI is InChI=1S/C10H7O9S3.Na/c11-20(12,13)8-5-6-3-1-2-4-7(6)9(21(14,15)16)10(8)22(17,18)19;/h1-4H,(H,11,12,13)(H,14,15,16)(H,17,18,19);/q-1;+1. The van der Waals surface area contributed by atoms with E-state index in [-0.39, 0.29) is 34.9 Å². The number of benzene rings is 2. The van der Waals surface area contributed by atoms with E-state index in [1.165, 1.54) is 18.2 Å². The number of fused-ring (bicyclic) bond motifs is 1. The Kier molecular flexibility index (Phi) is 5.68. The van der Waals surface area contributed by atoms with E-state index < -0.39 is 50.4 Å². The van der Waals surface area contributed by atoms with Crippen LogP contribution in [-0.4, -0.2) is 38.9 Å². The maximum Gasteiger partial charge on any atom is 1.00 e. The van der Waals surface area contributed by atoms with Crippen LogP contribution in [-0.2, 0) is 30.4 Å². The third-order valence-corrected chi connectivity index (χ3v) is 5.55. The summed E-state index contributed by atoms with van der Waals surface area (Å²) in [6, 6.07) is 6.88. The number of hydrogen-bond donors (Lipinski definition) is 3. The molecule has 2 rings (SSSR count). The van der Waals surface area contributed by atoms with Gasteiger partial charge in [0.25, 0.3) is 30.4 Å². The van der Waals surface area contributed by atoms with Gasteiger partial charge in [-0.05, 0) is 0 Å². The van der Waals surface area contributed by atoms with Gasteiger partial charge < -0.3 is 0 Å². The van der Waals surface area contributed by atoms with E-state index in [1.807, 2.05) is 6.07 Å². The van der Waals surface area contributed by atoms with Crippen LogP contribution in [0.25, 0.3) is 10.8 Å². The predicted octanol–water partition coefficient (Wildman–Crippen LogP) is -2.62. The molecule has 0 amide bonds. The van der Waals surface area contributed by atoms with Gasteiger partial charge in [-0.1, -0.05) is 17.5 Å². The van der Waals surface area contributed by atoms with Gasteiger partial charge in [0.2, 0.25) is 0 Å². The second-order valence-electron chi connectivity index (χ2n) is 4.08. The van der Waals surface area contributed by atoms with Crippen LogP contribution in [0.15, 0.2) is 39.0 Å². The molecular formula is C10H7NaO9S3. The number of hydrogen-bond acceptors (Lipinski definition) is 6. The minimum atomic E-state index is -5.43. The molecule has 120 valence electrons. The fourth-order valence-electron chi connectivity index (χ4n) is 1.87. The van der Waals surface area contributed by atoms with Crippen molar-refractivity contribution in [3.8, 4) is 0 Å². The molecule has 23 heavy (non-hydrogen) atoms. The summed E-state index contributed by atoms with van der Waals surface area (Å²) in [6.45, 7) is 0. The molecule has 9 nitrogen and oxygen atoms in total. The van der Waals surface area contributed by atoms with Gasteiger partial charge in [0, 0.05) is 9.79 Å². The van der Waals surface area contributed by atoms with Crippen molar-refractivity contribution in [2.75, 3.05) is 0 Å². The first-order valence-electron chi connectivity index (χ1n) is 5.24. The topological polar surface area (TPSA) is 163 Å². The van der Waals surface area contributed by atoms with Crippen molar-refractivity contribution in [3.63, 3.8) is 0 Å². The third-order valence-electron chi connectivity index (χ3n) is 2.61. The molecule has 2 aromatic carbocycles. The fourth-order valence-corrected chi connectivity index (χ4v) is 5.19. The van der Waals surface area contributed by atoms with Crippen molar-refractivity contribution in [2.24, 2.45) is 0 Å². The summed E-state index contributed by atoms with van der Waals surface area (Å²) in [5.74, 6) is 0. The molecule has 0 fully saturated rings. The molecule has 0 saturated carbocycles. The van der Waals surface area contributed by atoms with Crippen molar-refractivity contribution < 1.29 is 68.5 Å². The smallest absolute Gasteiger partial charge is 0.289 e. The third kappa shape index (κ3) is 4.10. The Morgan fingerprint density at radius 3 is 1.65 bits per heavy atom. The molecular weight excluding hydrogens is 383 g/mol. The van der Waals surface area contributed by atoms with Crippen molar-refractivity contribution in [1.29, 1.82) is 0 Å². The first-order valence-corrected chi connectivity index (χ1v) is 9.56. The molecule has 0 heterocycles. The zero-order chi connectivity index (χ0) is 16.9. The van der Waals surface area contributed by atoms with E-state index in [4.69, 9.17) is 9.11 Å². The molecule has 0 unspecified atom stereocenters. The minimum Gasteiger partial charge on any atom is -0.289 e. The maximum absolute atomic E-state index is 11.5. The van der Waals surface area contributed by atoms with Gasteiger partial charge in [-0.2, -0.15) is 16.8 Å². The molecule has 0 bridgehead atoms. The van der Waals surface area contributed by atoms with Crippen LogP contribution in [0.4, 0.5) is 0 Å². The van der Waals surface area contributed by atoms with Crippen LogP contribution in [0.5, 0.6) is 0 Å². The molecule has 3 N–H and O–H groups in total. The van der Waals surface area contributed by atoms with Gasteiger partial charge in [-0.15, -0.1) is 23.6 Å². The molecule has 0 aliphatic heterocycles. The van der Waals surface area contributed by atoms with Crippen molar-refractivity contribution in [1.82, 2.24) is 0 Å². The Morgan fingerprint density at radius 2 is 1.22 bits per heavy atom. The van der Waals surface area contributed by atoms with E-state index in [0.29, 0.717) is 0 Å². The molecule has 0 aromatic heterocycles. The summed E-state index contributed by atoms with van der Waals surface area (Å²) >= 11 is 0. The van der Waals surface area contributed by atoms with Crippen molar-refractivity contribution in [3.05, 3.63) is 30.3 Å². The molecule has 0 aliphatic rings. The van der Waals surface area contributed by atoms with Gasteiger partial charge in [0.05, 0.1) is 4.90 Å². The van der Waals surface area contributed by atoms with Crippen LogP contribution in [0.1, 0.15) is 0 Å². The largest absolute Gasteiger partial charge is 1.00 e. The van der Waals surface area contributed by atoms with Gasteiger partial charge >= 0.3 is 29.6 Å². The summed E-state index contributed by atoms with van der Waals surface area (Å²) in [5.41, 5.74) is 0. The monoisotopic (exact) mass is 390 g/mol. The SMILES string of the molecule is O=S(=O)(O)c1[c-]c2ccccc2c(S(=O)(=O)O)c1S(=O)(=O)O.[Na+]. The Balaban J connectivity index is 0.00000264. The van der Waals surface area contributed by atoms with Crippen molar-refractivity contribution in [2.45, 2.75) is 14.7 Å². The summed E-state index contributed by atoms with van der Waals surface area (Å²) in [5, 5.41) is -0.611. The summed E-state index contributed by atoms with van der Waals surface area (Å²) in [7, 11) is -16.0. The molecule has 0 saturated heterocycles. The van der Waals surface area contributed by atoms with E-state index in [9.17, 15) is 29.8 Å². The van der Waals surface area contributed by atoms with E-state index in [0.717, 1.165) is 6.07 Å². The summed E-state index contributed by atoms with van der Waals surface area (Å²) in [6.07, 6.45) is 0. The Labute approximate surface area is 153 Å². The normalized spacial score (nSPS) is 12.8. The average molecular weight is 390 g/mol. The van der Waals surface area contributed by atoms with E-state index in [2.05, 4.69) is 0 Å². The zero-order valence-electron chi connectivity index (χ0n) is 11.3. The van der Waals surface area contributed by atoms with Gasteiger partial charge in [-0.25, -0.2) is 8.42 Å². The Morgan fingerprint density at radius 1 is 0.739 bits per heavy atom. The van der Waals surface area contributed by atoms with Crippen LogP contribution in [0.3, 0.4) is 0 Å². The van der Waals surface area contributed by atoms with Gasteiger partial charge in [0.15, 0.2) is 0 Å².